The Bertz CT molecular complexity index is 741. The quantitative estimate of drug-likeness (QED) is 0.785. The zero-order chi connectivity index (χ0) is 18.4. The molecule has 1 N–H and O–H groups in total. The number of rotatable bonds is 7. The summed E-state index contributed by atoms with van der Waals surface area (Å²) in [6.07, 6.45) is 0. The number of benzene rings is 2. The molecule has 0 spiro atoms. The van der Waals surface area contributed by atoms with Crippen LogP contribution in [0, 0.1) is 0 Å². The molecule has 1 atom stereocenters. The smallest absolute Gasteiger partial charge is 0.241 e. The fraction of sp³-hybridized carbons (Fsp3) is 0.300. The van der Waals surface area contributed by atoms with E-state index in [1.807, 2.05) is 43.1 Å². The average molecular weight is 340 g/mol. The summed E-state index contributed by atoms with van der Waals surface area (Å²) in [6.45, 7) is 4.01. The van der Waals surface area contributed by atoms with Crippen molar-refractivity contribution in [3.8, 4) is 5.75 Å². The van der Waals surface area contributed by atoms with E-state index in [-0.39, 0.29) is 17.7 Å². The Morgan fingerprint density at radius 2 is 1.84 bits per heavy atom. The van der Waals surface area contributed by atoms with Crippen LogP contribution < -0.4 is 10.1 Å². The van der Waals surface area contributed by atoms with E-state index in [1.165, 1.54) is 6.92 Å². The summed E-state index contributed by atoms with van der Waals surface area (Å²) in [5.41, 5.74) is 2.38. The summed E-state index contributed by atoms with van der Waals surface area (Å²) in [7, 11) is 3.54. The lowest BCUT2D eigenvalue weighted by Crippen LogP contribution is -2.39. The first-order valence-corrected chi connectivity index (χ1v) is 8.15. The van der Waals surface area contributed by atoms with Crippen molar-refractivity contribution < 1.29 is 14.3 Å². The van der Waals surface area contributed by atoms with Gasteiger partial charge in [0.1, 0.15) is 5.75 Å². The van der Waals surface area contributed by atoms with E-state index >= 15 is 0 Å². The third kappa shape index (κ3) is 5.16. The van der Waals surface area contributed by atoms with E-state index in [4.69, 9.17) is 4.74 Å². The molecule has 0 saturated carbocycles. The first-order valence-electron chi connectivity index (χ1n) is 8.15. The van der Waals surface area contributed by atoms with Gasteiger partial charge in [-0.25, -0.2) is 0 Å². The van der Waals surface area contributed by atoms with Gasteiger partial charge in [-0.05, 0) is 62.9 Å². The summed E-state index contributed by atoms with van der Waals surface area (Å²) < 4.78 is 5.23. The van der Waals surface area contributed by atoms with Crippen LogP contribution in [0.15, 0.2) is 48.5 Å². The second-order valence-corrected chi connectivity index (χ2v) is 6.07. The minimum atomic E-state index is -0.307. The number of hydrogen-bond donors (Lipinski definition) is 1. The molecular weight excluding hydrogens is 316 g/mol. The van der Waals surface area contributed by atoms with Gasteiger partial charge in [0.2, 0.25) is 5.91 Å². The van der Waals surface area contributed by atoms with Gasteiger partial charge in [0.25, 0.3) is 0 Å². The molecule has 132 valence electrons. The lowest BCUT2D eigenvalue weighted by atomic mass is 10.1. The Morgan fingerprint density at radius 1 is 1.16 bits per heavy atom. The molecule has 0 aliphatic carbocycles. The summed E-state index contributed by atoms with van der Waals surface area (Å²) in [6, 6.07) is 14.4. The lowest BCUT2D eigenvalue weighted by molar-refractivity contribution is -0.120. The van der Waals surface area contributed by atoms with E-state index < -0.39 is 0 Å². The average Bonchev–Trinajstić information content (AvgIpc) is 2.61. The summed E-state index contributed by atoms with van der Waals surface area (Å²) in [5.74, 6) is 0.707. The van der Waals surface area contributed by atoms with Gasteiger partial charge in [0.15, 0.2) is 5.78 Å². The largest absolute Gasteiger partial charge is 0.497 e. The minimum absolute atomic E-state index is 0.00395. The normalized spacial score (nSPS) is 11.9. The van der Waals surface area contributed by atoms with Crippen molar-refractivity contribution in [3.05, 3.63) is 59.7 Å². The van der Waals surface area contributed by atoms with Crippen LogP contribution in [0.3, 0.4) is 0 Å². The van der Waals surface area contributed by atoms with Crippen molar-refractivity contribution in [2.24, 2.45) is 0 Å². The number of anilines is 1. The Hall–Kier alpha value is -2.66. The molecule has 0 radical (unpaired) electrons. The van der Waals surface area contributed by atoms with Gasteiger partial charge in [0, 0.05) is 17.8 Å². The highest BCUT2D eigenvalue weighted by atomic mass is 16.5. The second-order valence-electron chi connectivity index (χ2n) is 6.07. The topological polar surface area (TPSA) is 58.6 Å². The number of nitrogens with one attached hydrogen (secondary N) is 1. The Balaban J connectivity index is 1.97. The van der Waals surface area contributed by atoms with Crippen LogP contribution in [0.2, 0.25) is 0 Å². The highest BCUT2D eigenvalue weighted by Crippen LogP contribution is 2.16. The maximum atomic E-state index is 12.4. The molecule has 2 aromatic rings. The van der Waals surface area contributed by atoms with Crippen LogP contribution in [0.1, 0.15) is 29.8 Å². The third-order valence-corrected chi connectivity index (χ3v) is 4.17. The molecule has 0 aliphatic rings. The molecule has 0 heterocycles. The molecule has 1 unspecified atom stereocenters. The van der Waals surface area contributed by atoms with Crippen molar-refractivity contribution in [3.63, 3.8) is 0 Å². The van der Waals surface area contributed by atoms with Gasteiger partial charge in [0.05, 0.1) is 13.2 Å². The number of ketones is 1. The van der Waals surface area contributed by atoms with Crippen LogP contribution in [-0.2, 0) is 11.3 Å². The molecule has 0 aromatic heterocycles. The van der Waals surface area contributed by atoms with Crippen molar-refractivity contribution in [2.45, 2.75) is 26.4 Å². The predicted molar refractivity (Wildman–Crippen MR) is 99.0 cm³/mol. The number of carbonyl (C=O) groups is 2. The third-order valence-electron chi connectivity index (χ3n) is 4.17. The first-order chi connectivity index (χ1) is 11.9. The highest BCUT2D eigenvalue weighted by Gasteiger charge is 2.18. The molecule has 2 aromatic carbocycles. The fourth-order valence-corrected chi connectivity index (χ4v) is 2.43. The first kappa shape index (κ1) is 18.7. The molecule has 2 rings (SSSR count). The number of methoxy groups -OCH3 is 1. The fourth-order valence-electron chi connectivity index (χ4n) is 2.43. The second kappa shape index (κ2) is 8.44. The maximum absolute atomic E-state index is 12.4. The van der Waals surface area contributed by atoms with E-state index in [0.717, 1.165) is 11.3 Å². The molecule has 0 aliphatic heterocycles. The van der Waals surface area contributed by atoms with Crippen molar-refractivity contribution in [1.82, 2.24) is 4.90 Å². The number of Topliss-reactive ketones (excluding diaryl/α,β-unsaturated/α-hetero) is 1. The molecule has 5 heteroatoms. The SMILES string of the molecule is COc1cccc(CN(C)C(C)C(=O)Nc2ccc(C(C)=O)cc2)c1. The summed E-state index contributed by atoms with van der Waals surface area (Å²) in [4.78, 5) is 25.7. The number of ether oxygens (including phenoxy) is 1. The van der Waals surface area contributed by atoms with Crippen LogP contribution in [0.5, 0.6) is 5.75 Å². The monoisotopic (exact) mass is 340 g/mol. The van der Waals surface area contributed by atoms with Gasteiger partial charge in [-0.2, -0.15) is 0 Å². The summed E-state index contributed by atoms with van der Waals surface area (Å²) >= 11 is 0. The Kier molecular flexibility index (Phi) is 6.31. The van der Waals surface area contributed by atoms with E-state index in [0.29, 0.717) is 17.8 Å². The molecule has 0 saturated heterocycles. The number of carbonyl (C=O) groups excluding carboxylic acids is 2. The number of nitrogens with zero attached hydrogens (tertiary/aromatic N) is 1. The molecular formula is C20H24N2O3. The zero-order valence-electron chi connectivity index (χ0n) is 15.1. The predicted octanol–water partition coefficient (Wildman–Crippen LogP) is 3.36. The maximum Gasteiger partial charge on any atom is 0.241 e. The van der Waals surface area contributed by atoms with E-state index in [2.05, 4.69) is 5.32 Å². The van der Waals surface area contributed by atoms with Crippen LogP contribution in [0.25, 0.3) is 0 Å². The van der Waals surface area contributed by atoms with Crippen molar-refractivity contribution in [2.75, 3.05) is 19.5 Å². The van der Waals surface area contributed by atoms with Crippen molar-refractivity contribution in [1.29, 1.82) is 0 Å². The number of amides is 1. The number of hydrogen-bond acceptors (Lipinski definition) is 4. The zero-order valence-corrected chi connectivity index (χ0v) is 15.1. The Morgan fingerprint density at radius 3 is 2.44 bits per heavy atom. The van der Waals surface area contributed by atoms with Crippen LogP contribution in [0.4, 0.5) is 5.69 Å². The van der Waals surface area contributed by atoms with Gasteiger partial charge in [-0.1, -0.05) is 12.1 Å². The molecule has 0 bridgehead atoms. The van der Waals surface area contributed by atoms with Gasteiger partial charge in [-0.3, -0.25) is 14.5 Å². The molecule has 25 heavy (non-hydrogen) atoms. The van der Waals surface area contributed by atoms with Gasteiger partial charge >= 0.3 is 0 Å². The van der Waals surface area contributed by atoms with Gasteiger partial charge < -0.3 is 10.1 Å². The van der Waals surface area contributed by atoms with Crippen LogP contribution in [-0.4, -0.2) is 36.8 Å². The van der Waals surface area contributed by atoms with E-state index in [1.54, 1.807) is 31.4 Å². The number of likely N-dealkylation sites (N-methyl/N-ethyl adjacent to an activating group) is 1. The molecule has 1 amide bonds. The lowest BCUT2D eigenvalue weighted by Gasteiger charge is -2.24. The molecule has 0 fully saturated rings. The molecule has 5 nitrogen and oxygen atoms in total. The van der Waals surface area contributed by atoms with Gasteiger partial charge in [-0.15, -0.1) is 0 Å². The standard InChI is InChI=1S/C20H24N2O3/c1-14(22(3)13-16-6-5-7-19(12-16)25-4)20(24)21-18-10-8-17(9-11-18)15(2)23/h5-12,14H,13H2,1-4H3,(H,21,24). The van der Waals surface area contributed by atoms with E-state index in [9.17, 15) is 9.59 Å². The van der Waals surface area contributed by atoms with Crippen LogP contribution >= 0.6 is 0 Å². The Labute approximate surface area is 148 Å². The highest BCUT2D eigenvalue weighted by molar-refractivity contribution is 5.96. The van der Waals surface area contributed by atoms with Crippen molar-refractivity contribution >= 4 is 17.4 Å². The summed E-state index contributed by atoms with van der Waals surface area (Å²) in [5, 5.41) is 2.88. The minimum Gasteiger partial charge on any atom is -0.497 e.